The molecule has 0 radical (unpaired) electrons. The number of amides is 2. The van der Waals surface area contributed by atoms with Crippen molar-refractivity contribution in [2.75, 3.05) is 17.3 Å². The van der Waals surface area contributed by atoms with Gasteiger partial charge in [-0.1, -0.05) is 23.9 Å². The molecule has 2 amide bonds. The Morgan fingerprint density at radius 2 is 1.82 bits per heavy atom. The summed E-state index contributed by atoms with van der Waals surface area (Å²) >= 11 is 1.10. The van der Waals surface area contributed by atoms with Crippen molar-refractivity contribution < 1.29 is 23.9 Å². The Bertz CT molecular complexity index is 945. The fraction of sp³-hybridized carbons (Fsp3) is 0.158. The van der Waals surface area contributed by atoms with E-state index < -0.39 is 17.1 Å². The van der Waals surface area contributed by atoms with Gasteiger partial charge < -0.3 is 15.2 Å². The number of carbonyl (C=O) groups excluding carboxylic acids is 3. The molecule has 3 rings (SSSR count). The molecule has 0 unspecified atom stereocenters. The smallest absolute Gasteiger partial charge is 0.247 e. The highest BCUT2D eigenvalue weighted by Crippen LogP contribution is 2.31. The highest BCUT2D eigenvalue weighted by molar-refractivity contribution is 8.15. The zero-order valence-electron chi connectivity index (χ0n) is 14.7. The van der Waals surface area contributed by atoms with Gasteiger partial charge in [-0.05, 0) is 42.0 Å². The normalized spacial score (nSPS) is 17.1. The summed E-state index contributed by atoms with van der Waals surface area (Å²) in [6.07, 6.45) is -0.0180. The first-order valence-corrected chi connectivity index (χ1v) is 9.11. The first-order valence-electron chi connectivity index (χ1n) is 8.23. The molecule has 2 aromatic carbocycles. The molecule has 1 fully saturated rings. The van der Waals surface area contributed by atoms with Crippen LogP contribution >= 0.6 is 11.8 Å². The van der Waals surface area contributed by atoms with Gasteiger partial charge in [0.05, 0.1) is 11.7 Å². The fourth-order valence-electron chi connectivity index (χ4n) is 2.64. The van der Waals surface area contributed by atoms with Gasteiger partial charge in [0.15, 0.2) is 5.17 Å². The number of anilines is 2. The lowest BCUT2D eigenvalue weighted by atomic mass is 10.2. The second kappa shape index (κ2) is 8.22. The molecular weight excluding hydrogens is 385 g/mol. The van der Waals surface area contributed by atoms with Crippen LogP contribution in [-0.4, -0.2) is 35.2 Å². The van der Waals surface area contributed by atoms with Crippen molar-refractivity contribution in [3.05, 3.63) is 59.9 Å². The molecule has 0 aliphatic carbocycles. The maximum Gasteiger partial charge on any atom is 0.247 e. The van der Waals surface area contributed by atoms with Crippen molar-refractivity contribution in [2.45, 2.75) is 11.7 Å². The number of carbonyl (C=O) groups is 3. The van der Waals surface area contributed by atoms with Crippen molar-refractivity contribution in [2.24, 2.45) is 4.99 Å². The number of aliphatic imine (C=N–C) groups is 1. The van der Waals surface area contributed by atoms with Crippen LogP contribution in [0.4, 0.5) is 15.8 Å². The molecule has 28 heavy (non-hydrogen) atoms. The van der Waals surface area contributed by atoms with Crippen LogP contribution in [0.25, 0.3) is 0 Å². The second-order valence-corrected chi connectivity index (χ2v) is 7.06. The molecule has 0 bridgehead atoms. The zero-order chi connectivity index (χ0) is 20.3. The monoisotopic (exact) mass is 400 g/mol. The second-order valence-electron chi connectivity index (χ2n) is 5.87. The highest BCUT2D eigenvalue weighted by Gasteiger charge is 2.40. The predicted octanol–water partition coefficient (Wildman–Crippen LogP) is 1.65. The molecule has 1 aliphatic heterocycles. The lowest BCUT2D eigenvalue weighted by Crippen LogP contribution is -2.32. The van der Waals surface area contributed by atoms with E-state index in [0.29, 0.717) is 16.5 Å². The third kappa shape index (κ3) is 4.20. The Kier molecular flexibility index (Phi) is 5.74. The largest absolute Gasteiger partial charge is 0.545 e. The van der Waals surface area contributed by atoms with Crippen LogP contribution in [0.1, 0.15) is 16.8 Å². The molecule has 9 heteroatoms. The van der Waals surface area contributed by atoms with Gasteiger partial charge in [0.1, 0.15) is 11.1 Å². The van der Waals surface area contributed by atoms with Gasteiger partial charge in [0.25, 0.3) is 0 Å². The molecule has 1 heterocycles. The lowest BCUT2D eigenvalue weighted by molar-refractivity contribution is -0.255. The Labute approximate surface area is 164 Å². The Morgan fingerprint density at radius 3 is 2.39 bits per heavy atom. The van der Waals surface area contributed by atoms with E-state index >= 15 is 0 Å². The van der Waals surface area contributed by atoms with Crippen LogP contribution in [0.15, 0.2) is 53.5 Å². The zero-order valence-corrected chi connectivity index (χ0v) is 15.5. The van der Waals surface area contributed by atoms with Crippen LogP contribution in [0, 0.1) is 5.82 Å². The summed E-state index contributed by atoms with van der Waals surface area (Å²) < 4.78 is 13.0. The number of rotatable bonds is 4. The topological polar surface area (TPSA) is 102 Å². The average molecular weight is 400 g/mol. The highest BCUT2D eigenvalue weighted by atomic mass is 32.2. The molecule has 1 atom stereocenters. The molecule has 0 saturated carbocycles. The van der Waals surface area contributed by atoms with E-state index in [2.05, 4.69) is 10.3 Å². The lowest BCUT2D eigenvalue weighted by Gasteiger charge is -2.16. The Morgan fingerprint density at radius 1 is 1.18 bits per heavy atom. The first kappa shape index (κ1) is 19.6. The van der Waals surface area contributed by atoms with E-state index in [4.69, 9.17) is 0 Å². The SMILES string of the molecule is CN=C(Nc1ccc(F)cc1)S[C@H]1CC(=O)N(c2ccc(C(=O)[O-])cc2)C1=O. The number of amidine groups is 1. The van der Waals surface area contributed by atoms with Crippen molar-refractivity contribution in [3.63, 3.8) is 0 Å². The average Bonchev–Trinajstić information content (AvgIpc) is 2.96. The summed E-state index contributed by atoms with van der Waals surface area (Å²) in [6.45, 7) is 0. The van der Waals surface area contributed by atoms with E-state index in [-0.39, 0.29) is 23.7 Å². The van der Waals surface area contributed by atoms with Gasteiger partial charge in [-0.15, -0.1) is 0 Å². The van der Waals surface area contributed by atoms with Crippen LogP contribution in [0.3, 0.4) is 0 Å². The summed E-state index contributed by atoms with van der Waals surface area (Å²) in [5.41, 5.74) is 0.850. The number of nitrogens with one attached hydrogen (secondary N) is 1. The molecule has 1 N–H and O–H groups in total. The van der Waals surface area contributed by atoms with Crippen LogP contribution < -0.4 is 15.3 Å². The first-order chi connectivity index (χ1) is 13.4. The molecule has 144 valence electrons. The van der Waals surface area contributed by atoms with Gasteiger partial charge in [-0.25, -0.2) is 9.29 Å². The van der Waals surface area contributed by atoms with Gasteiger partial charge >= 0.3 is 0 Å². The molecule has 1 saturated heterocycles. The molecule has 0 aromatic heterocycles. The van der Waals surface area contributed by atoms with Crippen LogP contribution in [0.5, 0.6) is 0 Å². The van der Waals surface area contributed by atoms with Gasteiger partial charge in [0.2, 0.25) is 11.8 Å². The van der Waals surface area contributed by atoms with Crippen molar-refractivity contribution >= 4 is 46.1 Å². The van der Waals surface area contributed by atoms with Gasteiger partial charge in [0, 0.05) is 19.2 Å². The number of thioether (sulfide) groups is 1. The summed E-state index contributed by atoms with van der Waals surface area (Å²) in [4.78, 5) is 41.0. The van der Waals surface area contributed by atoms with E-state index in [9.17, 15) is 23.9 Å². The summed E-state index contributed by atoms with van der Waals surface area (Å²) in [6, 6.07) is 11.0. The molecule has 0 spiro atoms. The minimum Gasteiger partial charge on any atom is -0.545 e. The number of carboxylic acid groups (broad SMARTS) is 1. The van der Waals surface area contributed by atoms with Crippen LogP contribution in [0.2, 0.25) is 0 Å². The van der Waals surface area contributed by atoms with Crippen LogP contribution in [-0.2, 0) is 9.59 Å². The van der Waals surface area contributed by atoms with E-state index in [1.807, 2.05) is 0 Å². The molecular formula is C19H15FN3O4S-. The molecule has 2 aromatic rings. The van der Waals surface area contributed by atoms with Crippen molar-refractivity contribution in [1.82, 2.24) is 0 Å². The maximum absolute atomic E-state index is 13.0. The Balaban J connectivity index is 1.71. The summed E-state index contributed by atoms with van der Waals surface area (Å²) in [7, 11) is 1.54. The number of hydrogen-bond donors (Lipinski definition) is 1. The van der Waals surface area contributed by atoms with Crippen molar-refractivity contribution in [1.29, 1.82) is 0 Å². The van der Waals surface area contributed by atoms with E-state index in [0.717, 1.165) is 16.7 Å². The quantitative estimate of drug-likeness (QED) is 0.476. The molecule has 7 nitrogen and oxygen atoms in total. The number of imide groups is 1. The van der Waals surface area contributed by atoms with E-state index in [1.54, 1.807) is 0 Å². The minimum absolute atomic E-state index is 0.0180. The molecule has 1 aliphatic rings. The Hall–Kier alpha value is -3.20. The third-order valence-electron chi connectivity index (χ3n) is 4.02. The van der Waals surface area contributed by atoms with Crippen molar-refractivity contribution in [3.8, 4) is 0 Å². The standard InChI is InChI=1S/C19H16FN3O4S/c1-21-19(22-13-6-4-12(20)5-7-13)28-15-10-16(24)23(17(15)25)14-8-2-11(3-9-14)18(26)27/h2-9,15H,10H2,1H3,(H,21,22)(H,26,27)/p-1/t15-/m0/s1. The number of benzene rings is 2. The number of aromatic carboxylic acids is 1. The predicted molar refractivity (Wildman–Crippen MR) is 103 cm³/mol. The summed E-state index contributed by atoms with van der Waals surface area (Å²) in [5.74, 6) is -2.51. The minimum atomic E-state index is -1.34. The van der Waals surface area contributed by atoms with E-state index in [1.165, 1.54) is 55.6 Å². The van der Waals surface area contributed by atoms with Gasteiger partial charge in [-0.3, -0.25) is 14.6 Å². The maximum atomic E-state index is 13.0. The van der Waals surface area contributed by atoms with Gasteiger partial charge in [-0.2, -0.15) is 0 Å². The fourth-order valence-corrected chi connectivity index (χ4v) is 3.63. The summed E-state index contributed by atoms with van der Waals surface area (Å²) in [5, 5.41) is 13.5. The number of nitrogens with zero attached hydrogens (tertiary/aromatic N) is 2. The number of halogens is 1. The number of carboxylic acids is 1. The third-order valence-corrected chi connectivity index (χ3v) is 5.18. The number of hydrogen-bond acceptors (Lipinski definition) is 6.